The molecule has 4 unspecified atom stereocenters. The van der Waals surface area contributed by atoms with Gasteiger partial charge in [-0.25, -0.2) is 4.79 Å². The van der Waals surface area contributed by atoms with Crippen molar-refractivity contribution in [3.63, 3.8) is 0 Å². The molecule has 20 heavy (non-hydrogen) atoms. The molecule has 2 fully saturated rings. The average Bonchev–Trinajstić information content (AvgIpc) is 2.87. The molecular formula is C13H22N2O5. The van der Waals surface area contributed by atoms with E-state index < -0.39 is 17.9 Å². The number of likely N-dealkylation sites (N-methyl/N-ethyl adjacent to an activating group) is 1. The first kappa shape index (κ1) is 15.1. The molecule has 2 aliphatic rings. The Morgan fingerprint density at radius 1 is 1.35 bits per heavy atom. The molecule has 7 nitrogen and oxygen atoms in total. The lowest BCUT2D eigenvalue weighted by Crippen LogP contribution is -2.52. The smallest absolute Gasteiger partial charge is 0.317 e. The third-order valence-electron chi connectivity index (χ3n) is 4.00. The molecule has 4 atom stereocenters. The molecule has 2 rings (SSSR count). The second-order valence-electron chi connectivity index (χ2n) is 5.51. The molecule has 0 aliphatic carbocycles. The van der Waals surface area contributed by atoms with Crippen LogP contribution < -0.4 is 5.32 Å². The van der Waals surface area contributed by atoms with E-state index >= 15 is 0 Å². The van der Waals surface area contributed by atoms with E-state index in [2.05, 4.69) is 5.32 Å². The Balaban J connectivity index is 1.89. The van der Waals surface area contributed by atoms with Crippen LogP contribution in [-0.2, 0) is 14.3 Å². The van der Waals surface area contributed by atoms with E-state index in [1.54, 1.807) is 7.05 Å². The van der Waals surface area contributed by atoms with Gasteiger partial charge < -0.3 is 24.8 Å². The predicted octanol–water partition coefficient (Wildman–Crippen LogP) is 0.295. The summed E-state index contributed by atoms with van der Waals surface area (Å²) >= 11 is 0. The minimum Gasteiger partial charge on any atom is -0.481 e. The molecule has 2 heterocycles. The maximum Gasteiger partial charge on any atom is 0.317 e. The summed E-state index contributed by atoms with van der Waals surface area (Å²) in [7, 11) is 1.62. The van der Waals surface area contributed by atoms with Crippen LogP contribution in [-0.4, -0.2) is 67.1 Å². The van der Waals surface area contributed by atoms with E-state index in [0.29, 0.717) is 6.61 Å². The van der Waals surface area contributed by atoms with Gasteiger partial charge >= 0.3 is 12.0 Å². The van der Waals surface area contributed by atoms with Crippen molar-refractivity contribution in [2.24, 2.45) is 5.92 Å². The minimum absolute atomic E-state index is 0.0827. The number of aliphatic carboxylic acids is 1. The van der Waals surface area contributed by atoms with Gasteiger partial charge in [0.05, 0.1) is 25.4 Å². The van der Waals surface area contributed by atoms with Gasteiger partial charge in [-0.2, -0.15) is 0 Å². The summed E-state index contributed by atoms with van der Waals surface area (Å²) < 4.78 is 10.6. The number of hydrogen-bond donors (Lipinski definition) is 2. The highest BCUT2D eigenvalue weighted by molar-refractivity contribution is 5.77. The highest BCUT2D eigenvalue weighted by atomic mass is 16.5. The van der Waals surface area contributed by atoms with Crippen LogP contribution in [0.3, 0.4) is 0 Å². The molecule has 2 N–H and O–H groups in total. The molecule has 0 bridgehead atoms. The zero-order valence-electron chi connectivity index (χ0n) is 11.9. The molecule has 0 radical (unpaired) electrons. The Hall–Kier alpha value is -1.34. The average molecular weight is 286 g/mol. The fraction of sp³-hybridized carbons (Fsp3) is 0.846. The molecular weight excluding hydrogens is 264 g/mol. The lowest BCUT2D eigenvalue weighted by atomic mass is 10.0. The largest absolute Gasteiger partial charge is 0.481 e. The van der Waals surface area contributed by atoms with Crippen LogP contribution in [0.4, 0.5) is 4.79 Å². The van der Waals surface area contributed by atoms with Gasteiger partial charge in [0.2, 0.25) is 0 Å². The topological polar surface area (TPSA) is 88.1 Å². The SMILES string of the molecule is CC1CC(NC(=O)N(C)C2COCC2C(=O)O)CCO1. The number of amides is 2. The normalized spacial score (nSPS) is 33.7. The third-order valence-corrected chi connectivity index (χ3v) is 4.00. The Morgan fingerprint density at radius 3 is 2.75 bits per heavy atom. The second kappa shape index (κ2) is 6.41. The van der Waals surface area contributed by atoms with Crippen LogP contribution in [0.15, 0.2) is 0 Å². The number of carbonyl (C=O) groups excluding carboxylic acids is 1. The summed E-state index contributed by atoms with van der Waals surface area (Å²) in [5.74, 6) is -1.58. The van der Waals surface area contributed by atoms with Gasteiger partial charge in [0.25, 0.3) is 0 Å². The minimum atomic E-state index is -0.924. The van der Waals surface area contributed by atoms with Crippen molar-refractivity contribution in [2.45, 2.75) is 38.0 Å². The maximum atomic E-state index is 12.2. The van der Waals surface area contributed by atoms with Crippen LogP contribution in [0.5, 0.6) is 0 Å². The third kappa shape index (κ3) is 3.40. The summed E-state index contributed by atoms with van der Waals surface area (Å²) in [4.78, 5) is 24.8. The number of carboxylic acids is 1. The van der Waals surface area contributed by atoms with Gasteiger partial charge in [-0.1, -0.05) is 0 Å². The second-order valence-corrected chi connectivity index (χ2v) is 5.51. The number of carboxylic acid groups (broad SMARTS) is 1. The molecule has 0 aromatic heterocycles. The molecule has 114 valence electrons. The highest BCUT2D eigenvalue weighted by Crippen LogP contribution is 2.20. The van der Waals surface area contributed by atoms with Gasteiger partial charge in [-0.05, 0) is 19.8 Å². The summed E-state index contributed by atoms with van der Waals surface area (Å²) in [6, 6.07) is -0.574. The molecule has 0 aromatic rings. The monoisotopic (exact) mass is 286 g/mol. The zero-order valence-corrected chi connectivity index (χ0v) is 11.9. The zero-order chi connectivity index (χ0) is 14.7. The first-order valence-electron chi connectivity index (χ1n) is 6.94. The molecule has 2 amide bonds. The van der Waals surface area contributed by atoms with Crippen molar-refractivity contribution < 1.29 is 24.2 Å². The van der Waals surface area contributed by atoms with E-state index in [1.165, 1.54) is 4.90 Å². The number of ether oxygens (including phenoxy) is 2. The number of urea groups is 1. The molecule has 0 spiro atoms. The number of nitrogens with zero attached hydrogens (tertiary/aromatic N) is 1. The van der Waals surface area contributed by atoms with Crippen molar-refractivity contribution in [3.8, 4) is 0 Å². The Labute approximate surface area is 118 Å². The Kier molecular flexibility index (Phi) is 4.82. The van der Waals surface area contributed by atoms with Crippen molar-refractivity contribution in [1.82, 2.24) is 10.2 Å². The van der Waals surface area contributed by atoms with Gasteiger partial charge in [0, 0.05) is 19.7 Å². The number of carbonyl (C=O) groups is 2. The quantitative estimate of drug-likeness (QED) is 0.779. The highest BCUT2D eigenvalue weighted by Gasteiger charge is 2.39. The van der Waals surface area contributed by atoms with Gasteiger partial charge in [0.15, 0.2) is 0 Å². The lowest BCUT2D eigenvalue weighted by Gasteiger charge is -2.32. The summed E-state index contributed by atoms with van der Waals surface area (Å²) in [6.07, 6.45) is 1.71. The fourth-order valence-corrected chi connectivity index (χ4v) is 2.72. The van der Waals surface area contributed by atoms with E-state index in [1.807, 2.05) is 6.92 Å². The van der Waals surface area contributed by atoms with Crippen LogP contribution in [0.1, 0.15) is 19.8 Å². The van der Waals surface area contributed by atoms with Gasteiger partial charge in [0.1, 0.15) is 5.92 Å². The first-order chi connectivity index (χ1) is 9.49. The molecule has 0 saturated carbocycles. The number of nitrogens with one attached hydrogen (secondary N) is 1. The number of rotatable bonds is 3. The van der Waals surface area contributed by atoms with E-state index in [0.717, 1.165) is 12.8 Å². The van der Waals surface area contributed by atoms with Crippen LogP contribution >= 0.6 is 0 Å². The molecule has 2 aliphatic heterocycles. The van der Waals surface area contributed by atoms with Crippen molar-refractivity contribution in [1.29, 1.82) is 0 Å². The van der Waals surface area contributed by atoms with Crippen LogP contribution in [0, 0.1) is 5.92 Å². The van der Waals surface area contributed by atoms with Crippen molar-refractivity contribution >= 4 is 12.0 Å². The first-order valence-corrected chi connectivity index (χ1v) is 6.94. The summed E-state index contributed by atoms with van der Waals surface area (Å²) in [6.45, 7) is 3.05. The van der Waals surface area contributed by atoms with Gasteiger partial charge in [-0.15, -0.1) is 0 Å². The van der Waals surface area contributed by atoms with Crippen LogP contribution in [0.25, 0.3) is 0 Å². The standard InChI is InChI=1S/C13H22N2O5/c1-8-5-9(3-4-20-8)14-13(18)15(2)11-7-19-6-10(11)12(16)17/h8-11H,3-7H2,1-2H3,(H,14,18)(H,16,17). The number of hydrogen-bond acceptors (Lipinski definition) is 4. The van der Waals surface area contributed by atoms with E-state index in [-0.39, 0.29) is 31.4 Å². The van der Waals surface area contributed by atoms with Crippen molar-refractivity contribution in [2.75, 3.05) is 26.9 Å². The Bertz CT molecular complexity index is 376. The Morgan fingerprint density at radius 2 is 2.10 bits per heavy atom. The summed E-state index contributed by atoms with van der Waals surface area (Å²) in [5, 5.41) is 12.1. The van der Waals surface area contributed by atoms with Crippen molar-refractivity contribution in [3.05, 3.63) is 0 Å². The summed E-state index contributed by atoms with van der Waals surface area (Å²) in [5.41, 5.74) is 0. The molecule has 0 aromatic carbocycles. The molecule has 2 saturated heterocycles. The fourth-order valence-electron chi connectivity index (χ4n) is 2.72. The van der Waals surface area contributed by atoms with Crippen LogP contribution in [0.2, 0.25) is 0 Å². The lowest BCUT2D eigenvalue weighted by molar-refractivity contribution is -0.142. The van der Waals surface area contributed by atoms with E-state index in [4.69, 9.17) is 14.6 Å². The van der Waals surface area contributed by atoms with E-state index in [9.17, 15) is 9.59 Å². The molecule has 7 heteroatoms. The predicted molar refractivity (Wildman–Crippen MR) is 70.5 cm³/mol. The maximum absolute atomic E-state index is 12.2. The van der Waals surface area contributed by atoms with Gasteiger partial charge in [-0.3, -0.25) is 4.79 Å².